The maximum Gasteiger partial charge on any atom is 0.288 e. The van der Waals surface area contributed by atoms with Crippen molar-refractivity contribution in [3.8, 4) is 0 Å². The van der Waals surface area contributed by atoms with Crippen molar-refractivity contribution in [3.63, 3.8) is 0 Å². The van der Waals surface area contributed by atoms with E-state index < -0.39 is 10.8 Å². The molecule has 0 fully saturated rings. The van der Waals surface area contributed by atoms with Crippen molar-refractivity contribution in [2.24, 2.45) is 5.41 Å². The molecule has 0 radical (unpaired) electrons. The van der Waals surface area contributed by atoms with E-state index in [1.54, 1.807) is 0 Å². The summed E-state index contributed by atoms with van der Waals surface area (Å²) in [5, 5.41) is 22.4. The first-order chi connectivity index (χ1) is 9.26. The first-order valence-corrected chi connectivity index (χ1v) is 6.47. The lowest BCUT2D eigenvalue weighted by Gasteiger charge is -2.23. The summed E-state index contributed by atoms with van der Waals surface area (Å²) in [5.74, 6) is -0.407. The molecular weight excluding hydrogens is 284 g/mol. The number of amides is 1. The van der Waals surface area contributed by atoms with Crippen LogP contribution in [0.4, 0.5) is 5.69 Å². The van der Waals surface area contributed by atoms with Gasteiger partial charge in [0.1, 0.15) is 5.02 Å². The van der Waals surface area contributed by atoms with Crippen molar-refractivity contribution in [2.75, 3.05) is 13.2 Å². The molecule has 6 nitrogen and oxygen atoms in total. The molecule has 1 aromatic rings. The summed E-state index contributed by atoms with van der Waals surface area (Å²) in [7, 11) is 0. The highest BCUT2D eigenvalue weighted by atomic mass is 35.5. The summed E-state index contributed by atoms with van der Waals surface area (Å²) < 4.78 is 0. The molecular formula is C13H17ClN2O4. The fraction of sp³-hybridized carbons (Fsp3) is 0.462. The Bertz CT molecular complexity index is 517. The second kappa shape index (κ2) is 6.67. The van der Waals surface area contributed by atoms with Gasteiger partial charge in [0.05, 0.1) is 4.92 Å². The van der Waals surface area contributed by atoms with E-state index in [-0.39, 0.29) is 28.3 Å². The van der Waals surface area contributed by atoms with Gasteiger partial charge < -0.3 is 10.4 Å². The number of nitrogens with zero attached hydrogens (tertiary/aromatic N) is 1. The molecule has 0 saturated carbocycles. The van der Waals surface area contributed by atoms with Crippen LogP contribution in [0.1, 0.15) is 30.6 Å². The molecule has 0 aromatic heterocycles. The van der Waals surface area contributed by atoms with Crippen molar-refractivity contribution < 1.29 is 14.8 Å². The van der Waals surface area contributed by atoms with E-state index in [2.05, 4.69) is 5.32 Å². The molecule has 110 valence electrons. The van der Waals surface area contributed by atoms with Crippen molar-refractivity contribution in [2.45, 2.75) is 20.3 Å². The van der Waals surface area contributed by atoms with Crippen molar-refractivity contribution in [1.82, 2.24) is 5.32 Å². The predicted octanol–water partition coefficient (Wildman–Crippen LogP) is 2.39. The van der Waals surface area contributed by atoms with Gasteiger partial charge in [-0.05, 0) is 24.0 Å². The smallest absolute Gasteiger partial charge is 0.288 e. The predicted molar refractivity (Wildman–Crippen MR) is 75.9 cm³/mol. The number of carbonyl (C=O) groups excluding carboxylic acids is 1. The Kier molecular flexibility index (Phi) is 5.47. The number of carbonyl (C=O) groups is 1. The average Bonchev–Trinajstić information content (AvgIpc) is 2.36. The largest absolute Gasteiger partial charge is 0.396 e. The lowest BCUT2D eigenvalue weighted by atomic mass is 9.89. The van der Waals surface area contributed by atoms with Crippen molar-refractivity contribution in [3.05, 3.63) is 38.9 Å². The van der Waals surface area contributed by atoms with Gasteiger partial charge in [-0.25, -0.2) is 0 Å². The number of aliphatic hydroxyl groups excluding tert-OH is 1. The Morgan fingerprint density at radius 2 is 2.15 bits per heavy atom. The van der Waals surface area contributed by atoms with Crippen LogP contribution in [-0.2, 0) is 0 Å². The molecule has 1 rings (SSSR count). The minimum Gasteiger partial charge on any atom is -0.396 e. The van der Waals surface area contributed by atoms with Crippen LogP contribution >= 0.6 is 11.6 Å². The quantitative estimate of drug-likeness (QED) is 0.623. The van der Waals surface area contributed by atoms with Gasteiger partial charge >= 0.3 is 0 Å². The highest BCUT2D eigenvalue weighted by Crippen LogP contribution is 2.25. The minimum absolute atomic E-state index is 0.00726. The topological polar surface area (TPSA) is 92.5 Å². The first-order valence-electron chi connectivity index (χ1n) is 6.10. The number of nitro benzene ring substituents is 1. The van der Waals surface area contributed by atoms with E-state index in [0.717, 1.165) is 6.07 Å². The molecule has 1 aromatic carbocycles. The Morgan fingerprint density at radius 1 is 1.50 bits per heavy atom. The fourth-order valence-electron chi connectivity index (χ4n) is 1.61. The van der Waals surface area contributed by atoms with Crippen LogP contribution in [0.25, 0.3) is 0 Å². The number of hydrogen-bond donors (Lipinski definition) is 2. The first kappa shape index (κ1) is 16.4. The van der Waals surface area contributed by atoms with Gasteiger partial charge in [-0.1, -0.05) is 25.4 Å². The van der Waals surface area contributed by atoms with Crippen LogP contribution in [-0.4, -0.2) is 29.1 Å². The number of halogens is 1. The fourth-order valence-corrected chi connectivity index (χ4v) is 1.79. The maximum absolute atomic E-state index is 11.9. The van der Waals surface area contributed by atoms with Crippen LogP contribution in [0.5, 0.6) is 0 Å². The number of hydrogen-bond acceptors (Lipinski definition) is 4. The molecule has 0 unspecified atom stereocenters. The second-order valence-electron chi connectivity index (χ2n) is 5.24. The molecule has 0 aliphatic carbocycles. The highest BCUT2D eigenvalue weighted by Gasteiger charge is 2.20. The Hall–Kier alpha value is -1.66. The number of nitro groups is 1. The molecule has 20 heavy (non-hydrogen) atoms. The Morgan fingerprint density at radius 3 is 2.70 bits per heavy atom. The Balaban J connectivity index is 2.78. The van der Waals surface area contributed by atoms with Crippen molar-refractivity contribution in [1.29, 1.82) is 0 Å². The van der Waals surface area contributed by atoms with Gasteiger partial charge in [0.2, 0.25) is 0 Å². The summed E-state index contributed by atoms with van der Waals surface area (Å²) in [4.78, 5) is 22.1. The molecule has 0 heterocycles. The standard InChI is InChI=1S/C13H17ClN2O4/c1-13(2,5-6-17)8-15-12(18)9-3-4-10(14)11(7-9)16(19)20/h3-4,7,17H,5-6,8H2,1-2H3,(H,15,18). The number of benzene rings is 1. The summed E-state index contributed by atoms with van der Waals surface area (Å²) in [6, 6.07) is 3.91. The summed E-state index contributed by atoms with van der Waals surface area (Å²) in [6.07, 6.45) is 0.550. The van der Waals surface area contributed by atoms with Crippen LogP contribution in [0, 0.1) is 15.5 Å². The molecule has 1 amide bonds. The Labute approximate surface area is 121 Å². The van der Waals surface area contributed by atoms with Gasteiger partial charge in [0.25, 0.3) is 11.6 Å². The third-order valence-corrected chi connectivity index (χ3v) is 3.24. The lowest BCUT2D eigenvalue weighted by molar-refractivity contribution is -0.384. The summed E-state index contributed by atoms with van der Waals surface area (Å²) in [6.45, 7) is 4.22. The molecule has 7 heteroatoms. The highest BCUT2D eigenvalue weighted by molar-refractivity contribution is 6.32. The number of nitrogens with one attached hydrogen (secondary N) is 1. The van der Waals surface area contributed by atoms with E-state index in [0.29, 0.717) is 13.0 Å². The van der Waals surface area contributed by atoms with E-state index >= 15 is 0 Å². The zero-order chi connectivity index (χ0) is 15.3. The van der Waals surface area contributed by atoms with Gasteiger partial charge in [-0.2, -0.15) is 0 Å². The van der Waals surface area contributed by atoms with Gasteiger partial charge in [0.15, 0.2) is 0 Å². The average molecular weight is 301 g/mol. The minimum atomic E-state index is -0.630. The second-order valence-corrected chi connectivity index (χ2v) is 5.65. The molecule has 0 aliphatic rings. The van der Waals surface area contributed by atoms with Crippen molar-refractivity contribution >= 4 is 23.2 Å². The van der Waals surface area contributed by atoms with E-state index in [9.17, 15) is 14.9 Å². The van der Waals surface area contributed by atoms with Crippen LogP contribution in [0.2, 0.25) is 5.02 Å². The number of aliphatic hydroxyl groups is 1. The van der Waals surface area contributed by atoms with E-state index in [1.165, 1.54) is 12.1 Å². The SMILES string of the molecule is CC(C)(CCO)CNC(=O)c1ccc(Cl)c([N+](=O)[O-])c1. The zero-order valence-electron chi connectivity index (χ0n) is 11.4. The molecule has 0 saturated heterocycles. The zero-order valence-corrected chi connectivity index (χ0v) is 12.1. The normalized spacial score (nSPS) is 11.2. The van der Waals surface area contributed by atoms with Crippen LogP contribution in [0.15, 0.2) is 18.2 Å². The molecule has 0 spiro atoms. The number of rotatable bonds is 6. The molecule has 0 aliphatic heterocycles. The maximum atomic E-state index is 11.9. The van der Waals surface area contributed by atoms with Crippen LogP contribution < -0.4 is 5.32 Å². The molecule has 2 N–H and O–H groups in total. The summed E-state index contributed by atoms with van der Waals surface area (Å²) >= 11 is 5.69. The van der Waals surface area contributed by atoms with Gasteiger partial charge in [-0.3, -0.25) is 14.9 Å². The van der Waals surface area contributed by atoms with E-state index in [4.69, 9.17) is 16.7 Å². The summed E-state index contributed by atoms with van der Waals surface area (Å²) in [5.41, 5.74) is -0.363. The van der Waals surface area contributed by atoms with Crippen LogP contribution in [0.3, 0.4) is 0 Å². The molecule has 0 atom stereocenters. The van der Waals surface area contributed by atoms with Gasteiger partial charge in [-0.15, -0.1) is 0 Å². The molecule has 0 bridgehead atoms. The third kappa shape index (κ3) is 4.47. The monoisotopic (exact) mass is 300 g/mol. The third-order valence-electron chi connectivity index (χ3n) is 2.92. The van der Waals surface area contributed by atoms with E-state index in [1.807, 2.05) is 13.8 Å². The van der Waals surface area contributed by atoms with Gasteiger partial charge in [0, 0.05) is 24.8 Å². The lowest BCUT2D eigenvalue weighted by Crippen LogP contribution is -2.34.